The predicted molar refractivity (Wildman–Crippen MR) is 115 cm³/mol. The van der Waals surface area contributed by atoms with Crippen LogP contribution in [0, 0.1) is 11.7 Å². The van der Waals surface area contributed by atoms with E-state index < -0.39 is 0 Å². The van der Waals surface area contributed by atoms with E-state index in [-0.39, 0.29) is 23.0 Å². The van der Waals surface area contributed by atoms with Gasteiger partial charge in [0.1, 0.15) is 11.2 Å². The molecule has 1 heterocycles. The lowest BCUT2D eigenvalue weighted by atomic mass is 10.0. The van der Waals surface area contributed by atoms with Crippen molar-refractivity contribution < 1.29 is 14.0 Å². The van der Waals surface area contributed by atoms with Gasteiger partial charge < -0.3 is 5.32 Å². The highest BCUT2D eigenvalue weighted by Gasteiger charge is 2.34. The first-order valence-corrected chi connectivity index (χ1v) is 11.2. The van der Waals surface area contributed by atoms with E-state index in [1.807, 2.05) is 24.3 Å². The van der Waals surface area contributed by atoms with E-state index in [9.17, 15) is 14.0 Å². The van der Waals surface area contributed by atoms with Crippen LogP contribution in [0.2, 0.25) is 0 Å². The van der Waals surface area contributed by atoms with Gasteiger partial charge >= 0.3 is 0 Å². The minimum absolute atomic E-state index is 0.0325. The number of amides is 2. The summed E-state index contributed by atoms with van der Waals surface area (Å²) in [6.45, 7) is 0. The lowest BCUT2D eigenvalue weighted by Gasteiger charge is -2.24. The summed E-state index contributed by atoms with van der Waals surface area (Å²) in [6.07, 6.45) is 6.62. The summed E-state index contributed by atoms with van der Waals surface area (Å²) < 4.78 is 13.6. The van der Waals surface area contributed by atoms with E-state index in [0.717, 1.165) is 17.7 Å². The molecule has 2 amide bonds. The quantitative estimate of drug-likeness (QED) is 0.680. The summed E-state index contributed by atoms with van der Waals surface area (Å²) >= 11 is 1.52. The third-order valence-electron chi connectivity index (χ3n) is 5.69. The number of nitrogens with zero attached hydrogens (tertiary/aromatic N) is 1. The van der Waals surface area contributed by atoms with E-state index in [2.05, 4.69) is 5.32 Å². The standard InChI is InChI=1S/C23H25FN2O2S/c24-18-6-3-7-20(14-18)26-22(28)15-29-23(26)17-9-11-19(12-10-17)25-21(27)13-8-16-4-1-2-5-16/h3,6-7,9-12,14,16,23H,1-2,4-5,8,13,15H2,(H,25,27)/t23-/m0/s1. The Morgan fingerprint density at radius 3 is 2.62 bits per heavy atom. The first kappa shape index (κ1) is 20.0. The molecule has 1 aliphatic heterocycles. The topological polar surface area (TPSA) is 49.4 Å². The molecule has 0 bridgehead atoms. The van der Waals surface area contributed by atoms with Crippen molar-refractivity contribution in [3.05, 3.63) is 59.9 Å². The lowest BCUT2D eigenvalue weighted by molar-refractivity contribution is -0.117. The van der Waals surface area contributed by atoms with Crippen molar-refractivity contribution in [2.24, 2.45) is 5.92 Å². The van der Waals surface area contributed by atoms with Gasteiger partial charge in [-0.05, 0) is 48.2 Å². The summed E-state index contributed by atoms with van der Waals surface area (Å²) in [7, 11) is 0. The average Bonchev–Trinajstić information content (AvgIpc) is 3.37. The minimum atomic E-state index is -0.360. The number of hydrogen-bond donors (Lipinski definition) is 1. The molecule has 1 atom stereocenters. The molecule has 4 rings (SSSR count). The SMILES string of the molecule is O=C(CCC1CCCC1)Nc1ccc([C@@H]2SCC(=O)N2c2cccc(F)c2)cc1. The van der Waals surface area contributed by atoms with Crippen LogP contribution in [0.15, 0.2) is 48.5 Å². The second-order valence-corrected chi connectivity index (χ2v) is 8.83. The average molecular weight is 413 g/mol. The second-order valence-electron chi connectivity index (χ2n) is 7.77. The van der Waals surface area contributed by atoms with Crippen LogP contribution in [0.3, 0.4) is 0 Å². The molecule has 6 heteroatoms. The first-order chi connectivity index (χ1) is 14.1. The number of nitrogens with one attached hydrogen (secondary N) is 1. The van der Waals surface area contributed by atoms with Crippen LogP contribution in [0.4, 0.5) is 15.8 Å². The largest absolute Gasteiger partial charge is 0.326 e. The maximum absolute atomic E-state index is 13.6. The monoisotopic (exact) mass is 412 g/mol. The summed E-state index contributed by atoms with van der Waals surface area (Å²) in [6, 6.07) is 13.7. The molecule has 4 nitrogen and oxygen atoms in total. The van der Waals surface area contributed by atoms with Crippen molar-refractivity contribution in [2.75, 3.05) is 16.0 Å². The molecule has 1 saturated heterocycles. The Hall–Kier alpha value is -2.34. The molecule has 0 spiro atoms. The summed E-state index contributed by atoms with van der Waals surface area (Å²) in [5.41, 5.74) is 2.28. The first-order valence-electron chi connectivity index (χ1n) is 10.2. The van der Waals surface area contributed by atoms with Crippen LogP contribution in [0.1, 0.15) is 49.5 Å². The van der Waals surface area contributed by atoms with Gasteiger partial charge in [-0.15, -0.1) is 11.8 Å². The van der Waals surface area contributed by atoms with E-state index in [4.69, 9.17) is 0 Å². The summed E-state index contributed by atoms with van der Waals surface area (Å²) in [4.78, 5) is 26.2. The Morgan fingerprint density at radius 2 is 1.90 bits per heavy atom. The summed E-state index contributed by atoms with van der Waals surface area (Å²) in [5.74, 6) is 0.725. The fourth-order valence-electron chi connectivity index (χ4n) is 4.16. The third kappa shape index (κ3) is 4.81. The minimum Gasteiger partial charge on any atom is -0.326 e. The molecule has 1 aliphatic carbocycles. The van der Waals surface area contributed by atoms with Crippen LogP contribution in [0.5, 0.6) is 0 Å². The second kappa shape index (κ2) is 8.99. The predicted octanol–water partition coefficient (Wildman–Crippen LogP) is 5.51. The molecular weight excluding hydrogens is 387 g/mol. The van der Waals surface area contributed by atoms with Gasteiger partial charge in [-0.3, -0.25) is 14.5 Å². The number of halogens is 1. The van der Waals surface area contributed by atoms with E-state index >= 15 is 0 Å². The molecule has 2 aromatic rings. The fourth-order valence-corrected chi connectivity index (χ4v) is 5.34. The van der Waals surface area contributed by atoms with Gasteiger partial charge in [-0.25, -0.2) is 4.39 Å². The van der Waals surface area contributed by atoms with Crippen LogP contribution >= 0.6 is 11.8 Å². The smallest absolute Gasteiger partial charge is 0.238 e. The zero-order valence-electron chi connectivity index (χ0n) is 16.3. The summed E-state index contributed by atoms with van der Waals surface area (Å²) in [5, 5.41) is 2.77. The highest BCUT2D eigenvalue weighted by molar-refractivity contribution is 8.00. The third-order valence-corrected chi connectivity index (χ3v) is 6.90. The maximum Gasteiger partial charge on any atom is 0.238 e. The molecule has 1 N–H and O–H groups in total. The van der Waals surface area contributed by atoms with Gasteiger partial charge in [-0.1, -0.05) is 43.9 Å². The van der Waals surface area contributed by atoms with Gasteiger partial charge in [-0.2, -0.15) is 0 Å². The molecule has 0 radical (unpaired) electrons. The molecule has 2 aromatic carbocycles. The Balaban J connectivity index is 1.40. The van der Waals surface area contributed by atoms with Crippen molar-refractivity contribution in [3.63, 3.8) is 0 Å². The van der Waals surface area contributed by atoms with E-state index in [1.54, 1.807) is 17.0 Å². The van der Waals surface area contributed by atoms with Gasteiger partial charge in [0, 0.05) is 17.8 Å². The molecule has 1 saturated carbocycles. The normalized spacial score (nSPS) is 19.7. The molecule has 2 fully saturated rings. The number of benzene rings is 2. The van der Waals surface area contributed by atoms with Gasteiger partial charge in [0.2, 0.25) is 11.8 Å². The Kier molecular flexibility index (Phi) is 6.19. The lowest BCUT2D eigenvalue weighted by Crippen LogP contribution is -2.27. The highest BCUT2D eigenvalue weighted by atomic mass is 32.2. The zero-order valence-corrected chi connectivity index (χ0v) is 17.1. The van der Waals surface area contributed by atoms with Crippen molar-refractivity contribution in [3.8, 4) is 0 Å². The van der Waals surface area contributed by atoms with Crippen LogP contribution in [-0.4, -0.2) is 17.6 Å². The van der Waals surface area contributed by atoms with Crippen molar-refractivity contribution >= 4 is 35.0 Å². The Morgan fingerprint density at radius 1 is 1.14 bits per heavy atom. The number of thioether (sulfide) groups is 1. The van der Waals surface area contributed by atoms with Gasteiger partial charge in [0.05, 0.1) is 5.75 Å². The zero-order chi connectivity index (χ0) is 20.2. The van der Waals surface area contributed by atoms with E-state index in [0.29, 0.717) is 23.8 Å². The molecule has 0 aromatic heterocycles. The van der Waals surface area contributed by atoms with Gasteiger partial charge in [0.25, 0.3) is 0 Å². The maximum atomic E-state index is 13.6. The van der Waals surface area contributed by atoms with Crippen LogP contribution in [-0.2, 0) is 9.59 Å². The van der Waals surface area contributed by atoms with Crippen molar-refractivity contribution in [1.29, 1.82) is 0 Å². The molecule has 2 aliphatic rings. The van der Waals surface area contributed by atoms with Crippen LogP contribution in [0.25, 0.3) is 0 Å². The number of anilines is 2. The Labute approximate surface area is 174 Å². The molecule has 152 valence electrons. The number of carbonyl (C=O) groups is 2. The van der Waals surface area contributed by atoms with Crippen molar-refractivity contribution in [2.45, 2.75) is 43.9 Å². The Bertz CT molecular complexity index is 881. The number of hydrogen-bond acceptors (Lipinski definition) is 3. The number of rotatable bonds is 6. The fraction of sp³-hybridized carbons (Fsp3) is 0.391. The molecule has 0 unspecified atom stereocenters. The molecule has 29 heavy (non-hydrogen) atoms. The van der Waals surface area contributed by atoms with Crippen LogP contribution < -0.4 is 10.2 Å². The number of carbonyl (C=O) groups excluding carboxylic acids is 2. The van der Waals surface area contributed by atoms with E-state index in [1.165, 1.54) is 49.6 Å². The van der Waals surface area contributed by atoms with Crippen molar-refractivity contribution in [1.82, 2.24) is 0 Å². The highest BCUT2D eigenvalue weighted by Crippen LogP contribution is 2.42. The van der Waals surface area contributed by atoms with Gasteiger partial charge in [0.15, 0.2) is 0 Å². The molecular formula is C23H25FN2O2S.